The van der Waals surface area contributed by atoms with Gasteiger partial charge < -0.3 is 10.1 Å². The van der Waals surface area contributed by atoms with Gasteiger partial charge in [0.1, 0.15) is 5.75 Å². The molecule has 1 N–H and O–H groups in total. The molecule has 0 saturated heterocycles. The molecule has 0 radical (unpaired) electrons. The maximum atomic E-state index is 10.8. The van der Waals surface area contributed by atoms with E-state index in [-0.39, 0.29) is 0 Å². The van der Waals surface area contributed by atoms with E-state index in [4.69, 9.17) is 4.74 Å². The van der Waals surface area contributed by atoms with Crippen molar-refractivity contribution >= 4 is 10.8 Å². The highest BCUT2D eigenvalue weighted by molar-refractivity contribution is 7.84. The van der Waals surface area contributed by atoms with Crippen molar-refractivity contribution < 1.29 is 8.95 Å². The number of nitrogens with one attached hydrogen (secondary N) is 1. The third-order valence-corrected chi connectivity index (χ3v) is 2.91. The van der Waals surface area contributed by atoms with Crippen molar-refractivity contribution in [3.8, 4) is 5.75 Å². The van der Waals surface area contributed by atoms with E-state index in [1.165, 1.54) is 5.56 Å². The monoisotopic (exact) mass is 241 g/mol. The first-order valence-corrected chi connectivity index (χ1v) is 7.17. The molecule has 0 aliphatic rings. The maximum absolute atomic E-state index is 10.8. The molecule has 1 rings (SSSR count). The summed E-state index contributed by atoms with van der Waals surface area (Å²) >= 11 is 0. The van der Waals surface area contributed by atoms with Gasteiger partial charge in [0.15, 0.2) is 0 Å². The predicted octanol–water partition coefficient (Wildman–Crippen LogP) is 1.55. The number of ether oxygens (including phenoxy) is 1. The lowest BCUT2D eigenvalue weighted by molar-refractivity contribution is 0.340. The van der Waals surface area contributed by atoms with Gasteiger partial charge >= 0.3 is 0 Å². The summed E-state index contributed by atoms with van der Waals surface area (Å²) in [6.45, 7) is 4.26. The van der Waals surface area contributed by atoms with E-state index in [9.17, 15) is 4.21 Å². The van der Waals surface area contributed by atoms with Gasteiger partial charge in [-0.05, 0) is 24.6 Å². The standard InChI is InChI=1S/C12H19NO2S/c1-3-15-12-6-4-11(5-7-12)10-13-8-9-16(2)14/h4-7,13H,3,8-10H2,1-2H3. The zero-order valence-electron chi connectivity index (χ0n) is 9.86. The Hall–Kier alpha value is -0.870. The van der Waals surface area contributed by atoms with Crippen LogP contribution in [0.15, 0.2) is 24.3 Å². The minimum absolute atomic E-state index is 0.694. The van der Waals surface area contributed by atoms with Gasteiger partial charge in [0.2, 0.25) is 0 Å². The normalized spacial score (nSPS) is 12.4. The second-order valence-corrected chi connectivity index (χ2v) is 5.09. The third kappa shape index (κ3) is 5.28. The molecule has 0 aromatic heterocycles. The number of hydrogen-bond donors (Lipinski definition) is 1. The average Bonchev–Trinajstić information content (AvgIpc) is 2.27. The molecule has 1 aromatic carbocycles. The van der Waals surface area contributed by atoms with E-state index in [0.29, 0.717) is 12.4 Å². The van der Waals surface area contributed by atoms with Crippen molar-refractivity contribution in [1.29, 1.82) is 0 Å². The Labute approximate surface area is 99.7 Å². The van der Waals surface area contributed by atoms with Crippen molar-refractivity contribution in [3.05, 3.63) is 29.8 Å². The van der Waals surface area contributed by atoms with Crippen LogP contribution < -0.4 is 10.1 Å². The quantitative estimate of drug-likeness (QED) is 0.736. The largest absolute Gasteiger partial charge is 0.494 e. The van der Waals surface area contributed by atoms with Crippen LogP contribution >= 0.6 is 0 Å². The highest BCUT2D eigenvalue weighted by atomic mass is 32.2. The van der Waals surface area contributed by atoms with Gasteiger partial charge in [0.05, 0.1) is 6.61 Å². The topological polar surface area (TPSA) is 38.3 Å². The fourth-order valence-electron chi connectivity index (χ4n) is 1.32. The maximum Gasteiger partial charge on any atom is 0.119 e. The number of benzene rings is 1. The summed E-state index contributed by atoms with van der Waals surface area (Å²) in [5, 5.41) is 3.25. The molecule has 0 heterocycles. The summed E-state index contributed by atoms with van der Waals surface area (Å²) < 4.78 is 16.2. The first kappa shape index (κ1) is 13.2. The van der Waals surface area contributed by atoms with Crippen LogP contribution in [0.4, 0.5) is 0 Å². The summed E-state index contributed by atoms with van der Waals surface area (Å²) in [6, 6.07) is 8.03. The van der Waals surface area contributed by atoms with Crippen LogP contribution in [0.25, 0.3) is 0 Å². The van der Waals surface area contributed by atoms with Crippen LogP contribution in [0.2, 0.25) is 0 Å². The summed E-state index contributed by atoms with van der Waals surface area (Å²) in [5.74, 6) is 1.61. The molecular formula is C12H19NO2S. The molecule has 1 unspecified atom stereocenters. The fraction of sp³-hybridized carbons (Fsp3) is 0.500. The third-order valence-electron chi connectivity index (χ3n) is 2.13. The summed E-state index contributed by atoms with van der Waals surface area (Å²) in [7, 11) is -0.712. The van der Waals surface area contributed by atoms with Gasteiger partial charge in [-0.1, -0.05) is 12.1 Å². The molecular weight excluding hydrogens is 222 g/mol. The van der Waals surface area contributed by atoms with Crippen LogP contribution in [-0.2, 0) is 17.3 Å². The summed E-state index contributed by atoms with van der Waals surface area (Å²) in [4.78, 5) is 0. The molecule has 0 fully saturated rings. The highest BCUT2D eigenvalue weighted by Crippen LogP contribution is 2.11. The van der Waals surface area contributed by atoms with E-state index in [1.807, 2.05) is 31.2 Å². The van der Waals surface area contributed by atoms with Gasteiger partial charge in [-0.3, -0.25) is 4.21 Å². The van der Waals surface area contributed by atoms with E-state index in [2.05, 4.69) is 5.32 Å². The van der Waals surface area contributed by atoms with Gasteiger partial charge in [-0.2, -0.15) is 0 Å². The fourth-order valence-corrected chi connectivity index (χ4v) is 1.75. The molecule has 0 aliphatic carbocycles. The SMILES string of the molecule is CCOc1ccc(CNCCS(C)=O)cc1. The summed E-state index contributed by atoms with van der Waals surface area (Å²) in [6.07, 6.45) is 1.72. The second-order valence-electron chi connectivity index (χ2n) is 3.53. The zero-order chi connectivity index (χ0) is 11.8. The summed E-state index contributed by atoms with van der Waals surface area (Å²) in [5.41, 5.74) is 1.21. The van der Waals surface area contributed by atoms with Gasteiger partial charge in [0, 0.05) is 35.9 Å². The molecule has 90 valence electrons. The minimum atomic E-state index is -0.712. The lowest BCUT2D eigenvalue weighted by atomic mass is 10.2. The zero-order valence-corrected chi connectivity index (χ0v) is 10.7. The minimum Gasteiger partial charge on any atom is -0.494 e. The van der Waals surface area contributed by atoms with Crippen molar-refractivity contribution in [2.24, 2.45) is 0 Å². The number of hydrogen-bond acceptors (Lipinski definition) is 3. The van der Waals surface area contributed by atoms with E-state index in [0.717, 1.165) is 18.8 Å². The van der Waals surface area contributed by atoms with Gasteiger partial charge in [-0.15, -0.1) is 0 Å². The Balaban J connectivity index is 2.29. The van der Waals surface area contributed by atoms with E-state index in [1.54, 1.807) is 6.26 Å². The molecule has 0 saturated carbocycles. The molecule has 0 aliphatic heterocycles. The average molecular weight is 241 g/mol. The Morgan fingerprint density at radius 1 is 1.31 bits per heavy atom. The molecule has 3 nitrogen and oxygen atoms in total. The first-order chi connectivity index (χ1) is 7.72. The molecule has 16 heavy (non-hydrogen) atoms. The Bertz CT molecular complexity index is 324. The predicted molar refractivity (Wildman–Crippen MR) is 68.3 cm³/mol. The molecule has 1 aromatic rings. The van der Waals surface area contributed by atoms with Crippen molar-refractivity contribution in [3.63, 3.8) is 0 Å². The smallest absolute Gasteiger partial charge is 0.119 e. The Morgan fingerprint density at radius 3 is 2.56 bits per heavy atom. The molecule has 0 amide bonds. The van der Waals surface area contributed by atoms with Crippen LogP contribution in [0.3, 0.4) is 0 Å². The van der Waals surface area contributed by atoms with Crippen molar-refractivity contribution in [2.45, 2.75) is 13.5 Å². The van der Waals surface area contributed by atoms with Crippen LogP contribution in [0.5, 0.6) is 5.75 Å². The van der Waals surface area contributed by atoms with E-state index < -0.39 is 10.8 Å². The lowest BCUT2D eigenvalue weighted by Gasteiger charge is -2.06. The number of rotatable bonds is 7. The lowest BCUT2D eigenvalue weighted by Crippen LogP contribution is -2.19. The highest BCUT2D eigenvalue weighted by Gasteiger charge is 1.95. The Morgan fingerprint density at radius 2 is 2.00 bits per heavy atom. The van der Waals surface area contributed by atoms with E-state index >= 15 is 0 Å². The van der Waals surface area contributed by atoms with Crippen LogP contribution in [0, 0.1) is 0 Å². The second kappa shape index (κ2) is 7.41. The van der Waals surface area contributed by atoms with Gasteiger partial charge in [-0.25, -0.2) is 0 Å². The van der Waals surface area contributed by atoms with Crippen LogP contribution in [-0.4, -0.2) is 29.4 Å². The Kier molecular flexibility index (Phi) is 6.11. The van der Waals surface area contributed by atoms with Gasteiger partial charge in [0.25, 0.3) is 0 Å². The molecule has 0 bridgehead atoms. The molecule has 1 atom stereocenters. The molecule has 0 spiro atoms. The van der Waals surface area contributed by atoms with Crippen molar-refractivity contribution in [1.82, 2.24) is 5.32 Å². The first-order valence-electron chi connectivity index (χ1n) is 5.45. The van der Waals surface area contributed by atoms with Crippen molar-refractivity contribution in [2.75, 3.05) is 25.2 Å². The van der Waals surface area contributed by atoms with Crippen LogP contribution in [0.1, 0.15) is 12.5 Å². The molecule has 4 heteroatoms.